The zero-order chi connectivity index (χ0) is 9.97. The van der Waals surface area contributed by atoms with Crippen molar-refractivity contribution in [1.82, 2.24) is 5.32 Å². The number of hydrogen-bond donors (Lipinski definition) is 1. The highest BCUT2D eigenvalue weighted by molar-refractivity contribution is 4.89. The fourth-order valence-electron chi connectivity index (χ4n) is 2.86. The van der Waals surface area contributed by atoms with Crippen molar-refractivity contribution < 1.29 is 4.74 Å². The molecule has 0 spiro atoms. The maximum atomic E-state index is 5.28. The Morgan fingerprint density at radius 2 is 1.86 bits per heavy atom. The Morgan fingerprint density at radius 1 is 1.21 bits per heavy atom. The summed E-state index contributed by atoms with van der Waals surface area (Å²) in [5.41, 5.74) is 0. The highest BCUT2D eigenvalue weighted by Gasteiger charge is 2.31. The van der Waals surface area contributed by atoms with Crippen LogP contribution in [0.2, 0.25) is 0 Å². The van der Waals surface area contributed by atoms with Crippen LogP contribution in [0.4, 0.5) is 0 Å². The molecular formula is C12H23NO. The SMILES string of the molecule is COC1CC(NC(C)C2CCCC2)C1. The lowest BCUT2D eigenvalue weighted by atomic mass is 9.87. The third-order valence-corrected chi connectivity index (χ3v) is 4.03. The first-order chi connectivity index (χ1) is 6.79. The summed E-state index contributed by atoms with van der Waals surface area (Å²) in [6, 6.07) is 1.45. The zero-order valence-corrected chi connectivity index (χ0v) is 9.46. The molecule has 1 unspecified atom stereocenters. The summed E-state index contributed by atoms with van der Waals surface area (Å²) in [6.45, 7) is 2.36. The van der Waals surface area contributed by atoms with Crippen LogP contribution in [0.1, 0.15) is 45.4 Å². The van der Waals surface area contributed by atoms with Crippen LogP contribution in [0, 0.1) is 5.92 Å². The molecule has 0 aliphatic heterocycles. The van der Waals surface area contributed by atoms with Gasteiger partial charge < -0.3 is 10.1 Å². The number of ether oxygens (including phenoxy) is 1. The van der Waals surface area contributed by atoms with E-state index in [4.69, 9.17) is 4.74 Å². The lowest BCUT2D eigenvalue weighted by Gasteiger charge is -2.38. The summed E-state index contributed by atoms with van der Waals surface area (Å²) in [7, 11) is 1.82. The largest absolute Gasteiger partial charge is 0.381 e. The second-order valence-electron chi connectivity index (χ2n) is 5.03. The fourth-order valence-corrected chi connectivity index (χ4v) is 2.86. The van der Waals surface area contributed by atoms with Crippen molar-refractivity contribution in [2.45, 2.75) is 63.6 Å². The van der Waals surface area contributed by atoms with E-state index in [0.717, 1.165) is 18.0 Å². The molecule has 14 heavy (non-hydrogen) atoms. The van der Waals surface area contributed by atoms with Crippen LogP contribution in [-0.4, -0.2) is 25.3 Å². The van der Waals surface area contributed by atoms with Gasteiger partial charge in [0.05, 0.1) is 6.10 Å². The summed E-state index contributed by atoms with van der Waals surface area (Å²) < 4.78 is 5.28. The van der Waals surface area contributed by atoms with Gasteiger partial charge in [-0.15, -0.1) is 0 Å². The van der Waals surface area contributed by atoms with E-state index in [9.17, 15) is 0 Å². The van der Waals surface area contributed by atoms with E-state index < -0.39 is 0 Å². The minimum Gasteiger partial charge on any atom is -0.381 e. The van der Waals surface area contributed by atoms with E-state index in [2.05, 4.69) is 12.2 Å². The van der Waals surface area contributed by atoms with Crippen molar-refractivity contribution in [3.63, 3.8) is 0 Å². The molecule has 2 fully saturated rings. The first kappa shape index (κ1) is 10.4. The molecule has 0 heterocycles. The molecule has 1 atom stereocenters. The zero-order valence-electron chi connectivity index (χ0n) is 9.46. The van der Waals surface area contributed by atoms with Crippen LogP contribution in [-0.2, 0) is 4.74 Å². The Labute approximate surface area is 87.4 Å². The van der Waals surface area contributed by atoms with Crippen molar-refractivity contribution in [3.05, 3.63) is 0 Å². The lowest BCUT2D eigenvalue weighted by molar-refractivity contribution is 0.0127. The maximum absolute atomic E-state index is 5.28. The molecule has 2 nitrogen and oxygen atoms in total. The highest BCUT2D eigenvalue weighted by Crippen LogP contribution is 2.30. The first-order valence-corrected chi connectivity index (χ1v) is 6.08. The van der Waals surface area contributed by atoms with Gasteiger partial charge in [-0.25, -0.2) is 0 Å². The van der Waals surface area contributed by atoms with Gasteiger partial charge in [0.25, 0.3) is 0 Å². The number of rotatable bonds is 4. The molecule has 2 aliphatic carbocycles. The molecule has 2 rings (SSSR count). The Balaban J connectivity index is 1.65. The number of nitrogens with one attached hydrogen (secondary N) is 1. The Hall–Kier alpha value is -0.0800. The molecule has 2 saturated carbocycles. The normalized spacial score (nSPS) is 35.6. The van der Waals surface area contributed by atoms with Crippen LogP contribution in [0.15, 0.2) is 0 Å². The Bertz CT molecular complexity index is 171. The summed E-state index contributed by atoms with van der Waals surface area (Å²) in [6.07, 6.45) is 8.73. The van der Waals surface area contributed by atoms with E-state index in [1.165, 1.54) is 38.5 Å². The fraction of sp³-hybridized carbons (Fsp3) is 1.00. The Morgan fingerprint density at radius 3 is 2.43 bits per heavy atom. The molecule has 1 N–H and O–H groups in total. The van der Waals surface area contributed by atoms with Crippen molar-refractivity contribution >= 4 is 0 Å². The highest BCUT2D eigenvalue weighted by atomic mass is 16.5. The molecule has 0 amide bonds. The summed E-state index contributed by atoms with van der Waals surface area (Å²) in [5.74, 6) is 0.941. The standard InChI is InChI=1S/C12H23NO/c1-9(10-5-3-4-6-10)13-11-7-12(8-11)14-2/h9-13H,3-8H2,1-2H3. The van der Waals surface area contributed by atoms with Crippen molar-refractivity contribution in [2.75, 3.05) is 7.11 Å². The van der Waals surface area contributed by atoms with E-state index in [1.807, 2.05) is 7.11 Å². The second-order valence-corrected chi connectivity index (χ2v) is 5.03. The molecule has 0 saturated heterocycles. The predicted octanol–water partition coefficient (Wildman–Crippen LogP) is 2.33. The molecule has 0 bridgehead atoms. The topological polar surface area (TPSA) is 21.3 Å². The van der Waals surface area contributed by atoms with Gasteiger partial charge in [-0.2, -0.15) is 0 Å². The molecular weight excluding hydrogens is 174 g/mol. The van der Waals surface area contributed by atoms with Crippen molar-refractivity contribution in [2.24, 2.45) is 5.92 Å². The van der Waals surface area contributed by atoms with Gasteiger partial charge >= 0.3 is 0 Å². The molecule has 82 valence electrons. The average molecular weight is 197 g/mol. The first-order valence-electron chi connectivity index (χ1n) is 6.08. The van der Waals surface area contributed by atoms with Crippen LogP contribution in [0.25, 0.3) is 0 Å². The van der Waals surface area contributed by atoms with Gasteiger partial charge in [0.1, 0.15) is 0 Å². The van der Waals surface area contributed by atoms with Crippen LogP contribution in [0.5, 0.6) is 0 Å². The summed E-state index contributed by atoms with van der Waals surface area (Å²) in [4.78, 5) is 0. The van der Waals surface area contributed by atoms with Crippen LogP contribution in [0.3, 0.4) is 0 Å². The van der Waals surface area contributed by atoms with Gasteiger partial charge in [-0.05, 0) is 38.5 Å². The monoisotopic (exact) mass is 197 g/mol. The average Bonchev–Trinajstić information content (AvgIpc) is 2.62. The second kappa shape index (κ2) is 4.63. The van der Waals surface area contributed by atoms with Crippen molar-refractivity contribution in [1.29, 1.82) is 0 Å². The Kier molecular flexibility index (Phi) is 3.45. The van der Waals surface area contributed by atoms with Crippen molar-refractivity contribution in [3.8, 4) is 0 Å². The van der Waals surface area contributed by atoms with Gasteiger partial charge in [0, 0.05) is 19.2 Å². The number of methoxy groups -OCH3 is 1. The molecule has 2 aliphatic rings. The molecule has 2 heteroatoms. The van der Waals surface area contributed by atoms with Gasteiger partial charge in [0.2, 0.25) is 0 Å². The van der Waals surface area contributed by atoms with E-state index in [0.29, 0.717) is 6.10 Å². The molecule has 0 aromatic rings. The van der Waals surface area contributed by atoms with Crippen LogP contribution < -0.4 is 5.32 Å². The summed E-state index contributed by atoms with van der Waals surface area (Å²) >= 11 is 0. The summed E-state index contributed by atoms with van der Waals surface area (Å²) in [5, 5.41) is 3.74. The minimum atomic E-state index is 0.531. The molecule has 0 aromatic carbocycles. The van der Waals surface area contributed by atoms with Gasteiger partial charge in [-0.3, -0.25) is 0 Å². The smallest absolute Gasteiger partial charge is 0.0601 e. The third kappa shape index (κ3) is 2.29. The van der Waals surface area contributed by atoms with E-state index in [1.54, 1.807) is 0 Å². The van der Waals surface area contributed by atoms with Gasteiger partial charge in [0.15, 0.2) is 0 Å². The van der Waals surface area contributed by atoms with E-state index in [-0.39, 0.29) is 0 Å². The molecule has 0 aromatic heterocycles. The van der Waals surface area contributed by atoms with E-state index >= 15 is 0 Å². The van der Waals surface area contributed by atoms with Gasteiger partial charge in [-0.1, -0.05) is 12.8 Å². The quantitative estimate of drug-likeness (QED) is 0.747. The number of hydrogen-bond acceptors (Lipinski definition) is 2. The predicted molar refractivity (Wildman–Crippen MR) is 58.4 cm³/mol. The third-order valence-electron chi connectivity index (χ3n) is 4.03. The van der Waals surface area contributed by atoms with Crippen LogP contribution >= 0.6 is 0 Å². The molecule has 0 radical (unpaired) electrons. The lowest BCUT2D eigenvalue weighted by Crippen LogP contribution is -2.50. The maximum Gasteiger partial charge on any atom is 0.0601 e. The minimum absolute atomic E-state index is 0.531.